The number of rotatable bonds is 9. The predicted molar refractivity (Wildman–Crippen MR) is 127 cm³/mol. The molecule has 1 aliphatic carbocycles. The van der Waals surface area contributed by atoms with Crippen LogP contribution in [0.25, 0.3) is 0 Å². The van der Waals surface area contributed by atoms with Crippen molar-refractivity contribution in [1.82, 2.24) is 20.4 Å². The van der Waals surface area contributed by atoms with Gasteiger partial charge in [0.25, 0.3) is 0 Å². The molecule has 5 rings (SSSR count). The third-order valence-electron chi connectivity index (χ3n) is 7.67. The third kappa shape index (κ3) is 3.47. The number of primary amides is 1. The molecule has 0 spiro atoms. The maximum absolute atomic E-state index is 13.7. The molecular weight excluding hydrogens is 490 g/mol. The van der Waals surface area contributed by atoms with Crippen molar-refractivity contribution in [2.75, 3.05) is 39.1 Å². The number of hydrogen-bond acceptors (Lipinski definition) is 11. The number of likely N-dealkylation sites (tertiary alicyclic amines) is 1. The van der Waals surface area contributed by atoms with Crippen LogP contribution in [0.5, 0.6) is 0 Å². The molecule has 5 atom stereocenters. The van der Waals surface area contributed by atoms with Gasteiger partial charge in [-0.1, -0.05) is 0 Å². The van der Waals surface area contributed by atoms with Gasteiger partial charge in [-0.15, -0.1) is 11.8 Å². The number of carbonyl (C=O) groups excluding carboxylic acids is 5. The highest BCUT2D eigenvalue weighted by Crippen LogP contribution is 2.55. The molecule has 13 heteroatoms. The van der Waals surface area contributed by atoms with Crippen LogP contribution >= 0.6 is 11.8 Å². The number of imide groups is 1. The number of amides is 3. The lowest BCUT2D eigenvalue weighted by Gasteiger charge is -2.39. The standard InChI is InChI=1S/C23H29N5O7S/c1-4-27-14(29)7-13(21(27)32)36-6-5-25-16-10(2)18(30)17-15(19(16)31)11(9-35-22(24)33)23(34-3)20-12(26-20)8-28(17)23/h11-13,20,25-26H,4-9H2,1-3H3,(H2,24,33)/t11-,12+,13?,20+,23-/m1/s1. The molecule has 12 nitrogen and oxygen atoms in total. The van der Waals surface area contributed by atoms with E-state index in [2.05, 4.69) is 10.6 Å². The number of carbonyl (C=O) groups is 5. The third-order valence-corrected chi connectivity index (χ3v) is 8.88. The molecule has 194 valence electrons. The number of Topliss-reactive ketones (excluding diaryl/α,β-unsaturated/α-hetero) is 2. The van der Waals surface area contributed by atoms with Crippen molar-refractivity contribution in [1.29, 1.82) is 0 Å². The number of nitrogens with two attached hydrogens (primary N) is 1. The minimum atomic E-state index is -1.03. The predicted octanol–water partition coefficient (Wildman–Crippen LogP) is -1.14. The SMILES string of the molecule is CCN1C(=O)CC(SCCNC2=C(C)C(=O)C3=C(C2=O)[C@@H](COC(N)=O)[C@@]2(OC)[C@H]4N[C@H]4CN32)C1=O. The molecule has 3 fully saturated rings. The summed E-state index contributed by atoms with van der Waals surface area (Å²) < 4.78 is 11.1. The molecule has 4 N–H and O–H groups in total. The first-order valence-electron chi connectivity index (χ1n) is 11.9. The van der Waals surface area contributed by atoms with E-state index in [4.69, 9.17) is 15.2 Å². The second kappa shape index (κ2) is 8.89. The van der Waals surface area contributed by atoms with E-state index >= 15 is 0 Å². The molecule has 4 aliphatic heterocycles. The van der Waals surface area contributed by atoms with Crippen LogP contribution in [0.15, 0.2) is 22.5 Å². The van der Waals surface area contributed by atoms with Crippen LogP contribution < -0.4 is 16.4 Å². The minimum absolute atomic E-state index is 0.113. The van der Waals surface area contributed by atoms with Crippen LogP contribution in [0.4, 0.5) is 4.79 Å². The van der Waals surface area contributed by atoms with E-state index in [-0.39, 0.29) is 59.8 Å². The van der Waals surface area contributed by atoms with Gasteiger partial charge in [-0.25, -0.2) is 4.79 Å². The van der Waals surface area contributed by atoms with Gasteiger partial charge in [0.05, 0.1) is 28.6 Å². The number of ketones is 2. The molecule has 3 saturated heterocycles. The number of methoxy groups -OCH3 is 1. The van der Waals surface area contributed by atoms with Gasteiger partial charge < -0.3 is 30.7 Å². The molecule has 0 bridgehead atoms. The Balaban J connectivity index is 1.32. The molecule has 0 aromatic heterocycles. The summed E-state index contributed by atoms with van der Waals surface area (Å²) in [5, 5.41) is 5.96. The van der Waals surface area contributed by atoms with Crippen LogP contribution in [0.3, 0.4) is 0 Å². The minimum Gasteiger partial charge on any atom is -0.449 e. The van der Waals surface area contributed by atoms with Gasteiger partial charge >= 0.3 is 6.09 Å². The number of fused-ring (bicyclic) bond motifs is 4. The quantitative estimate of drug-likeness (QED) is 0.146. The molecule has 5 aliphatic rings. The van der Waals surface area contributed by atoms with E-state index in [9.17, 15) is 24.0 Å². The lowest BCUT2D eigenvalue weighted by molar-refractivity contribution is -0.138. The normalized spacial score (nSPS) is 32.9. The van der Waals surface area contributed by atoms with Gasteiger partial charge in [0.1, 0.15) is 6.61 Å². The zero-order chi connectivity index (χ0) is 25.9. The van der Waals surface area contributed by atoms with E-state index in [1.165, 1.54) is 23.8 Å². The van der Waals surface area contributed by atoms with Crippen LogP contribution in [-0.4, -0.2) is 101 Å². The molecule has 3 amide bonds. The van der Waals surface area contributed by atoms with Crippen molar-refractivity contribution in [2.24, 2.45) is 11.7 Å². The van der Waals surface area contributed by atoms with E-state index in [1.54, 1.807) is 13.8 Å². The smallest absolute Gasteiger partial charge is 0.404 e. The Morgan fingerprint density at radius 1 is 1.28 bits per heavy atom. The van der Waals surface area contributed by atoms with Gasteiger partial charge in [-0.2, -0.15) is 0 Å². The zero-order valence-corrected chi connectivity index (χ0v) is 21.1. The van der Waals surface area contributed by atoms with E-state index in [1.807, 2.05) is 4.90 Å². The highest BCUT2D eigenvalue weighted by Gasteiger charge is 2.72. The van der Waals surface area contributed by atoms with Crippen molar-refractivity contribution in [2.45, 2.75) is 43.3 Å². The van der Waals surface area contributed by atoms with E-state index in [0.717, 1.165) is 0 Å². The van der Waals surface area contributed by atoms with Crippen molar-refractivity contribution in [3.8, 4) is 0 Å². The van der Waals surface area contributed by atoms with Crippen molar-refractivity contribution < 1.29 is 33.4 Å². The van der Waals surface area contributed by atoms with E-state index < -0.39 is 23.0 Å². The number of hydrogen-bond donors (Lipinski definition) is 3. The van der Waals surface area contributed by atoms with Crippen molar-refractivity contribution in [3.05, 3.63) is 22.5 Å². The van der Waals surface area contributed by atoms with Gasteiger partial charge in [0.15, 0.2) is 5.72 Å². The largest absolute Gasteiger partial charge is 0.449 e. The van der Waals surface area contributed by atoms with Gasteiger partial charge in [0.2, 0.25) is 23.4 Å². The number of nitrogens with one attached hydrogen (secondary N) is 2. The number of allylic oxidation sites excluding steroid dienone is 2. The highest BCUT2D eigenvalue weighted by molar-refractivity contribution is 8.00. The summed E-state index contributed by atoms with van der Waals surface area (Å²) in [6, 6.07) is 0.00487. The molecule has 0 aromatic rings. The van der Waals surface area contributed by atoms with Crippen LogP contribution in [-0.2, 0) is 28.7 Å². The van der Waals surface area contributed by atoms with Gasteiger partial charge in [0, 0.05) is 56.1 Å². The summed E-state index contributed by atoms with van der Waals surface area (Å²) >= 11 is 1.35. The summed E-state index contributed by atoms with van der Waals surface area (Å²) in [7, 11) is 1.52. The summed E-state index contributed by atoms with van der Waals surface area (Å²) in [5.74, 6) is -1.24. The number of ether oxygens (including phenoxy) is 2. The first-order valence-corrected chi connectivity index (χ1v) is 13.0. The topological polar surface area (TPSA) is 170 Å². The second-order valence-electron chi connectivity index (χ2n) is 9.39. The number of piperazine rings is 1. The molecule has 4 heterocycles. The average molecular weight is 520 g/mol. The first-order chi connectivity index (χ1) is 17.2. The molecule has 0 radical (unpaired) electrons. The number of nitrogens with zero attached hydrogens (tertiary/aromatic N) is 2. The Kier molecular flexibility index (Phi) is 6.12. The van der Waals surface area contributed by atoms with Gasteiger partial charge in [-0.3, -0.25) is 24.1 Å². The highest BCUT2D eigenvalue weighted by atomic mass is 32.2. The lowest BCUT2D eigenvalue weighted by atomic mass is 9.82. The maximum atomic E-state index is 13.7. The second-order valence-corrected chi connectivity index (χ2v) is 10.7. The Bertz CT molecular complexity index is 1140. The first kappa shape index (κ1) is 24.8. The summed E-state index contributed by atoms with van der Waals surface area (Å²) in [6.07, 6.45) is -0.808. The fourth-order valence-corrected chi connectivity index (χ4v) is 7.03. The van der Waals surface area contributed by atoms with Crippen LogP contribution in [0.1, 0.15) is 20.3 Å². The van der Waals surface area contributed by atoms with Crippen molar-refractivity contribution >= 4 is 41.2 Å². The average Bonchev–Trinajstić information content (AvgIpc) is 3.35. The van der Waals surface area contributed by atoms with Crippen LogP contribution in [0.2, 0.25) is 0 Å². The van der Waals surface area contributed by atoms with Gasteiger partial charge in [-0.05, 0) is 13.8 Å². The molecular formula is C23H29N5O7S. The summed E-state index contributed by atoms with van der Waals surface area (Å²) in [4.78, 5) is 66.0. The van der Waals surface area contributed by atoms with Crippen LogP contribution in [0, 0.1) is 5.92 Å². The Morgan fingerprint density at radius 3 is 2.67 bits per heavy atom. The lowest BCUT2D eigenvalue weighted by Crippen LogP contribution is -2.55. The maximum Gasteiger partial charge on any atom is 0.404 e. The molecule has 1 unspecified atom stereocenters. The molecule has 0 saturated carbocycles. The summed E-state index contributed by atoms with van der Waals surface area (Å²) in [6.45, 7) is 4.34. The Labute approximate surface area is 211 Å². The fourth-order valence-electron chi connectivity index (χ4n) is 6.00. The fraction of sp³-hybridized carbons (Fsp3) is 0.609. The van der Waals surface area contributed by atoms with Crippen molar-refractivity contribution in [3.63, 3.8) is 0 Å². The molecule has 36 heavy (non-hydrogen) atoms. The molecule has 0 aromatic carbocycles. The zero-order valence-electron chi connectivity index (χ0n) is 20.3. The summed E-state index contributed by atoms with van der Waals surface area (Å²) in [5.41, 5.74) is 5.21. The Morgan fingerprint density at radius 2 is 2.03 bits per heavy atom. The van der Waals surface area contributed by atoms with E-state index in [0.29, 0.717) is 36.7 Å². The monoisotopic (exact) mass is 519 g/mol. The number of thioether (sulfide) groups is 1. The Hall–Kier alpha value is -2.90.